The van der Waals surface area contributed by atoms with Gasteiger partial charge < -0.3 is 14.7 Å². The Kier molecular flexibility index (Phi) is 9.99. The third-order valence-corrected chi connectivity index (χ3v) is 2.01. The molecule has 0 aliphatic heterocycles. The summed E-state index contributed by atoms with van der Waals surface area (Å²) in [4.78, 5) is 0. The summed E-state index contributed by atoms with van der Waals surface area (Å²) in [5, 5.41) is 16.7. The molecule has 0 amide bonds. The second-order valence-corrected chi connectivity index (χ2v) is 3.32. The van der Waals surface area contributed by atoms with Crippen molar-refractivity contribution < 1.29 is 14.7 Å². The van der Waals surface area contributed by atoms with Gasteiger partial charge in [-0.1, -0.05) is 45.4 Å². The second-order valence-electron chi connectivity index (χ2n) is 3.32. The molecule has 0 spiro atoms. The largest absolute Gasteiger partial charge is 0.633 e. The lowest BCUT2D eigenvalue weighted by atomic mass is 10.1. The Hall–Kier alpha value is -0.0551. The van der Waals surface area contributed by atoms with Gasteiger partial charge in [-0.15, -0.1) is 0 Å². The van der Waals surface area contributed by atoms with Crippen LogP contribution in [0.25, 0.3) is 0 Å². The van der Waals surface area contributed by atoms with Crippen LogP contribution in [0, 0.1) is 0 Å². The second kappa shape index (κ2) is 10.0. The molecule has 0 aliphatic rings. The molecule has 0 aromatic carbocycles. The Morgan fingerprint density at radius 1 is 0.923 bits per heavy atom. The van der Waals surface area contributed by atoms with E-state index in [4.69, 9.17) is 10.0 Å². The number of hydrogen-bond donors (Lipinski definition) is 2. The van der Waals surface area contributed by atoms with Crippen LogP contribution in [0.15, 0.2) is 0 Å². The van der Waals surface area contributed by atoms with Gasteiger partial charge in [0.1, 0.15) is 0 Å². The Morgan fingerprint density at radius 3 is 2.00 bits per heavy atom. The number of rotatable bonds is 9. The van der Waals surface area contributed by atoms with Gasteiger partial charge in [-0.25, -0.2) is 0 Å². The molecule has 0 saturated carbocycles. The summed E-state index contributed by atoms with van der Waals surface area (Å²) in [5.74, 6) is 0. The monoisotopic (exact) mass is 188 g/mol. The van der Waals surface area contributed by atoms with E-state index < -0.39 is 7.32 Å². The molecule has 13 heavy (non-hydrogen) atoms. The van der Waals surface area contributed by atoms with E-state index in [0.717, 1.165) is 12.8 Å². The highest BCUT2D eigenvalue weighted by Gasteiger charge is 2.06. The Bertz CT molecular complexity index is 98.9. The fraction of sp³-hybridized carbons (Fsp3) is 1.00. The summed E-state index contributed by atoms with van der Waals surface area (Å²) >= 11 is 0. The zero-order valence-corrected chi connectivity index (χ0v) is 8.54. The van der Waals surface area contributed by atoms with Crippen molar-refractivity contribution in [3.63, 3.8) is 0 Å². The van der Waals surface area contributed by atoms with E-state index in [1.165, 1.54) is 32.1 Å². The Morgan fingerprint density at radius 2 is 1.46 bits per heavy atom. The van der Waals surface area contributed by atoms with Crippen molar-refractivity contribution >= 4 is 7.32 Å². The van der Waals surface area contributed by atoms with Crippen LogP contribution in [0.2, 0.25) is 0 Å². The first-order valence-electron chi connectivity index (χ1n) is 5.25. The van der Waals surface area contributed by atoms with Crippen LogP contribution >= 0.6 is 0 Å². The average molecular weight is 188 g/mol. The van der Waals surface area contributed by atoms with Crippen LogP contribution in [0.3, 0.4) is 0 Å². The minimum atomic E-state index is -1.60. The van der Waals surface area contributed by atoms with Crippen LogP contribution in [0.1, 0.15) is 51.9 Å². The van der Waals surface area contributed by atoms with Gasteiger partial charge in [0.15, 0.2) is 0 Å². The third-order valence-electron chi connectivity index (χ3n) is 2.01. The van der Waals surface area contributed by atoms with Gasteiger partial charge in [0.25, 0.3) is 0 Å². The summed E-state index contributed by atoms with van der Waals surface area (Å²) in [7, 11) is -1.60. The maximum Gasteiger partial charge on any atom is 0.633 e. The zero-order chi connectivity index (χ0) is 9.94. The highest BCUT2D eigenvalue weighted by molar-refractivity contribution is 6.32. The molecule has 0 fully saturated rings. The molecule has 0 radical (unpaired) electrons. The highest BCUT2D eigenvalue weighted by Crippen LogP contribution is 2.06. The number of hydrogen-bond acceptors (Lipinski definition) is 3. The normalized spacial score (nSPS) is 10.4. The Balaban J connectivity index is 2.84. The quantitative estimate of drug-likeness (QED) is 0.427. The molecule has 4 heteroatoms. The van der Waals surface area contributed by atoms with E-state index in [-0.39, 0.29) is 0 Å². The van der Waals surface area contributed by atoms with E-state index in [1.807, 2.05) is 0 Å². The molecule has 0 aromatic heterocycles. The fourth-order valence-corrected chi connectivity index (χ4v) is 1.25. The van der Waals surface area contributed by atoms with Gasteiger partial charge >= 0.3 is 7.32 Å². The van der Waals surface area contributed by atoms with Crippen molar-refractivity contribution in [2.75, 3.05) is 6.61 Å². The van der Waals surface area contributed by atoms with E-state index in [1.54, 1.807) is 0 Å². The minimum Gasteiger partial charge on any atom is -0.402 e. The summed E-state index contributed by atoms with van der Waals surface area (Å²) in [6.07, 6.45) is 8.48. The third kappa shape index (κ3) is 11.9. The fourth-order valence-electron chi connectivity index (χ4n) is 1.25. The van der Waals surface area contributed by atoms with Crippen molar-refractivity contribution in [1.29, 1.82) is 0 Å². The van der Waals surface area contributed by atoms with Crippen LogP contribution in [-0.4, -0.2) is 24.0 Å². The van der Waals surface area contributed by atoms with Gasteiger partial charge in [0.2, 0.25) is 0 Å². The lowest BCUT2D eigenvalue weighted by Gasteiger charge is -2.02. The molecular formula is C9H21BO3. The van der Waals surface area contributed by atoms with Crippen LogP contribution in [0.4, 0.5) is 0 Å². The van der Waals surface area contributed by atoms with E-state index in [2.05, 4.69) is 11.6 Å². The lowest BCUT2D eigenvalue weighted by Crippen LogP contribution is -2.17. The highest BCUT2D eigenvalue weighted by atomic mass is 16.6. The first-order valence-corrected chi connectivity index (χ1v) is 5.25. The average Bonchev–Trinajstić information content (AvgIpc) is 2.09. The molecule has 78 valence electrons. The summed E-state index contributed by atoms with van der Waals surface area (Å²) in [6, 6.07) is 0. The summed E-state index contributed by atoms with van der Waals surface area (Å²) in [6.45, 7) is 2.65. The molecule has 0 heterocycles. The van der Waals surface area contributed by atoms with E-state index in [9.17, 15) is 0 Å². The topological polar surface area (TPSA) is 49.7 Å². The number of unbranched alkanes of at least 4 members (excludes halogenated alkanes) is 6. The zero-order valence-electron chi connectivity index (χ0n) is 8.54. The van der Waals surface area contributed by atoms with Crippen molar-refractivity contribution in [3.05, 3.63) is 0 Å². The van der Waals surface area contributed by atoms with Crippen LogP contribution in [-0.2, 0) is 4.65 Å². The predicted molar refractivity (Wildman–Crippen MR) is 54.1 cm³/mol. The minimum absolute atomic E-state index is 0.450. The summed E-state index contributed by atoms with van der Waals surface area (Å²) in [5.41, 5.74) is 0. The first-order chi connectivity index (χ1) is 6.27. The molecule has 0 bridgehead atoms. The molecule has 0 rings (SSSR count). The van der Waals surface area contributed by atoms with E-state index in [0.29, 0.717) is 6.61 Å². The molecule has 0 aromatic rings. The van der Waals surface area contributed by atoms with Gasteiger partial charge in [-0.3, -0.25) is 0 Å². The van der Waals surface area contributed by atoms with Gasteiger partial charge in [0.05, 0.1) is 0 Å². The molecule has 2 N–H and O–H groups in total. The standard InChI is InChI=1S/C9H21BO3/c1-2-3-4-5-6-7-8-9-13-10(11)12/h11-12H,2-9H2,1H3. The van der Waals surface area contributed by atoms with Gasteiger partial charge in [-0.05, 0) is 6.42 Å². The van der Waals surface area contributed by atoms with Crippen molar-refractivity contribution in [1.82, 2.24) is 0 Å². The van der Waals surface area contributed by atoms with Crippen LogP contribution in [0.5, 0.6) is 0 Å². The lowest BCUT2D eigenvalue weighted by molar-refractivity contribution is 0.182. The SMILES string of the molecule is CCCCCCCCCOB(O)O. The first kappa shape index (κ1) is 12.9. The van der Waals surface area contributed by atoms with Gasteiger partial charge in [0, 0.05) is 6.61 Å². The van der Waals surface area contributed by atoms with Crippen molar-refractivity contribution in [2.24, 2.45) is 0 Å². The molecule has 0 aliphatic carbocycles. The van der Waals surface area contributed by atoms with Crippen LogP contribution < -0.4 is 0 Å². The maximum absolute atomic E-state index is 8.36. The molecular weight excluding hydrogens is 167 g/mol. The Labute approximate surface area is 81.3 Å². The van der Waals surface area contributed by atoms with Gasteiger partial charge in [-0.2, -0.15) is 0 Å². The smallest absolute Gasteiger partial charge is 0.402 e. The van der Waals surface area contributed by atoms with Crippen molar-refractivity contribution in [3.8, 4) is 0 Å². The molecule has 0 unspecified atom stereocenters. The molecule has 0 atom stereocenters. The molecule has 3 nitrogen and oxygen atoms in total. The van der Waals surface area contributed by atoms with Crippen molar-refractivity contribution in [2.45, 2.75) is 51.9 Å². The predicted octanol–water partition coefficient (Wildman–Crippen LogP) is 1.72. The summed E-state index contributed by atoms with van der Waals surface area (Å²) < 4.78 is 4.58. The maximum atomic E-state index is 8.36. The van der Waals surface area contributed by atoms with E-state index >= 15 is 0 Å². The molecule has 0 saturated heterocycles.